The van der Waals surface area contributed by atoms with Gasteiger partial charge in [-0.1, -0.05) is 20.8 Å². The summed E-state index contributed by atoms with van der Waals surface area (Å²) in [7, 11) is 1.74. The molecule has 0 aromatic rings. The average molecular weight is 391 g/mol. The third kappa shape index (κ3) is 13.2. The van der Waals surface area contributed by atoms with Gasteiger partial charge in [-0.2, -0.15) is 12.6 Å². The molecule has 0 heterocycles. The van der Waals surface area contributed by atoms with Crippen molar-refractivity contribution in [2.75, 3.05) is 33.3 Å². The Labute approximate surface area is 164 Å². The van der Waals surface area contributed by atoms with Gasteiger partial charge in [0.15, 0.2) is 0 Å². The second-order valence-corrected chi connectivity index (χ2v) is 8.93. The van der Waals surface area contributed by atoms with Gasteiger partial charge in [-0.15, -0.1) is 0 Å². The number of ether oxygens (including phenoxy) is 1. The van der Waals surface area contributed by atoms with Gasteiger partial charge in [0.1, 0.15) is 6.04 Å². The molecule has 0 aliphatic heterocycles. The minimum absolute atomic E-state index is 0.0608. The van der Waals surface area contributed by atoms with Gasteiger partial charge in [-0.25, -0.2) is 4.79 Å². The maximum absolute atomic E-state index is 12.3. The molecular weight excluding hydrogens is 352 g/mol. The van der Waals surface area contributed by atoms with Gasteiger partial charge in [0, 0.05) is 31.0 Å². The first kappa shape index (κ1) is 25.0. The summed E-state index contributed by atoms with van der Waals surface area (Å²) in [5.41, 5.74) is -0.337. The van der Waals surface area contributed by atoms with Crippen molar-refractivity contribution in [3.05, 3.63) is 0 Å². The first-order chi connectivity index (χ1) is 12.0. The predicted octanol–water partition coefficient (Wildman–Crippen LogP) is 1.68. The van der Waals surface area contributed by atoms with Gasteiger partial charge in [-0.3, -0.25) is 4.79 Å². The van der Waals surface area contributed by atoms with Gasteiger partial charge < -0.3 is 26.0 Å². The average Bonchev–Trinajstić information content (AvgIpc) is 2.50. The van der Waals surface area contributed by atoms with Crippen LogP contribution in [0, 0.1) is 0 Å². The van der Waals surface area contributed by atoms with E-state index < -0.39 is 6.04 Å². The normalized spacial score (nSPS) is 13.2. The molecule has 0 saturated carbocycles. The molecule has 0 rings (SSSR count). The molecule has 7 nitrogen and oxygen atoms in total. The van der Waals surface area contributed by atoms with Gasteiger partial charge >= 0.3 is 6.03 Å². The lowest BCUT2D eigenvalue weighted by Crippen LogP contribution is -2.54. The summed E-state index contributed by atoms with van der Waals surface area (Å²) in [6.07, 6.45) is 2.38. The summed E-state index contributed by atoms with van der Waals surface area (Å²) in [4.78, 5) is 24.1. The van der Waals surface area contributed by atoms with E-state index in [1.807, 2.05) is 20.8 Å². The molecule has 0 aliphatic carbocycles. The molecule has 26 heavy (non-hydrogen) atoms. The number of carbonyl (C=O) groups excluding carboxylic acids is 2. The molecule has 0 fully saturated rings. The van der Waals surface area contributed by atoms with Crippen LogP contribution in [0.5, 0.6) is 0 Å². The Bertz CT molecular complexity index is 425. The highest BCUT2D eigenvalue weighted by molar-refractivity contribution is 7.81. The zero-order chi connectivity index (χ0) is 20.2. The van der Waals surface area contributed by atoms with Crippen molar-refractivity contribution in [1.82, 2.24) is 21.3 Å². The van der Waals surface area contributed by atoms with Crippen molar-refractivity contribution in [2.24, 2.45) is 0 Å². The Balaban J connectivity index is 4.30. The number of rotatable bonds is 13. The van der Waals surface area contributed by atoms with Crippen LogP contribution in [0.4, 0.5) is 4.79 Å². The van der Waals surface area contributed by atoms with Crippen molar-refractivity contribution in [3.63, 3.8) is 0 Å². The molecule has 0 saturated heterocycles. The van der Waals surface area contributed by atoms with E-state index in [1.54, 1.807) is 7.05 Å². The van der Waals surface area contributed by atoms with Crippen LogP contribution in [0.3, 0.4) is 0 Å². The number of hydrogen-bond acceptors (Lipinski definition) is 5. The summed E-state index contributed by atoms with van der Waals surface area (Å²) in [5, 5.41) is 11.2. The number of urea groups is 1. The van der Waals surface area contributed by atoms with Crippen LogP contribution >= 0.6 is 12.6 Å². The Hall–Kier alpha value is -0.990. The van der Waals surface area contributed by atoms with E-state index in [9.17, 15) is 9.59 Å². The smallest absolute Gasteiger partial charge is 0.315 e. The largest absolute Gasteiger partial charge is 0.375 e. The number of hydrogen-bond donors (Lipinski definition) is 5. The quantitative estimate of drug-likeness (QED) is 0.310. The third-order valence-corrected chi connectivity index (χ3v) is 4.02. The van der Waals surface area contributed by atoms with E-state index >= 15 is 0 Å². The topological polar surface area (TPSA) is 91.5 Å². The molecule has 3 amide bonds. The molecule has 0 aromatic heterocycles. The van der Waals surface area contributed by atoms with Crippen molar-refractivity contribution < 1.29 is 14.3 Å². The number of thiol groups is 1. The van der Waals surface area contributed by atoms with Crippen molar-refractivity contribution >= 4 is 24.6 Å². The summed E-state index contributed by atoms with van der Waals surface area (Å²) in [6.45, 7) is 12.1. The Morgan fingerprint density at radius 2 is 1.73 bits per heavy atom. The van der Waals surface area contributed by atoms with Gasteiger partial charge in [0.05, 0.1) is 5.60 Å². The van der Waals surface area contributed by atoms with Crippen LogP contribution in [-0.4, -0.2) is 61.6 Å². The molecule has 1 unspecified atom stereocenters. The van der Waals surface area contributed by atoms with E-state index in [0.29, 0.717) is 32.7 Å². The van der Waals surface area contributed by atoms with E-state index in [0.717, 1.165) is 12.8 Å². The second-order valence-electron chi connectivity index (χ2n) is 7.72. The fraction of sp³-hybridized carbons (Fsp3) is 0.889. The minimum Gasteiger partial charge on any atom is -0.375 e. The summed E-state index contributed by atoms with van der Waals surface area (Å²) < 4.78 is 5.85. The molecule has 0 radical (unpaired) electrons. The fourth-order valence-corrected chi connectivity index (χ4v) is 2.21. The molecule has 0 aliphatic rings. The molecule has 8 heteroatoms. The highest BCUT2D eigenvalue weighted by atomic mass is 32.1. The first-order valence-corrected chi connectivity index (χ1v) is 9.78. The van der Waals surface area contributed by atoms with E-state index in [1.165, 1.54) is 0 Å². The van der Waals surface area contributed by atoms with Crippen LogP contribution in [-0.2, 0) is 9.53 Å². The lowest BCUT2D eigenvalue weighted by Gasteiger charge is -2.28. The number of carbonyl (C=O) groups is 2. The first-order valence-electron chi connectivity index (χ1n) is 9.34. The minimum atomic E-state index is -0.620. The number of nitrogens with one attached hydrogen (secondary N) is 4. The SMILES string of the molecule is CCCNC(=O)NC(CNC)C(=O)NCCC(C)(C)OCCC(C)(C)S. The third-order valence-electron chi connectivity index (χ3n) is 3.80. The molecule has 0 aromatic carbocycles. The standard InChI is InChI=1S/C18H38N4O3S/c1-7-10-21-16(24)22-14(13-19-6)15(23)20-11-8-17(2,3)25-12-9-18(4,5)26/h14,19,26H,7-13H2,1-6H3,(H,20,23)(H2,21,22,24). The lowest BCUT2D eigenvalue weighted by molar-refractivity contribution is -0.123. The van der Waals surface area contributed by atoms with E-state index in [4.69, 9.17) is 4.74 Å². The lowest BCUT2D eigenvalue weighted by atomic mass is 10.0. The van der Waals surface area contributed by atoms with Crippen LogP contribution in [0.15, 0.2) is 0 Å². The molecule has 0 bridgehead atoms. The zero-order valence-electron chi connectivity index (χ0n) is 17.2. The van der Waals surface area contributed by atoms with Crippen molar-refractivity contribution in [2.45, 2.75) is 70.3 Å². The molecule has 4 N–H and O–H groups in total. The summed E-state index contributed by atoms with van der Waals surface area (Å²) in [6, 6.07) is -0.953. The summed E-state index contributed by atoms with van der Waals surface area (Å²) in [5.74, 6) is -0.210. The van der Waals surface area contributed by atoms with Crippen LogP contribution in [0.2, 0.25) is 0 Å². The van der Waals surface area contributed by atoms with Crippen LogP contribution < -0.4 is 21.3 Å². The maximum atomic E-state index is 12.3. The van der Waals surface area contributed by atoms with Crippen LogP contribution in [0.1, 0.15) is 53.9 Å². The van der Waals surface area contributed by atoms with E-state index in [-0.39, 0.29) is 22.3 Å². The highest BCUT2D eigenvalue weighted by Crippen LogP contribution is 2.20. The second kappa shape index (κ2) is 12.4. The maximum Gasteiger partial charge on any atom is 0.315 e. The molecular formula is C18H38N4O3S. The van der Waals surface area contributed by atoms with Crippen LogP contribution in [0.25, 0.3) is 0 Å². The highest BCUT2D eigenvalue weighted by Gasteiger charge is 2.23. The van der Waals surface area contributed by atoms with Crippen molar-refractivity contribution in [3.8, 4) is 0 Å². The Morgan fingerprint density at radius 1 is 1.08 bits per heavy atom. The number of amides is 3. The molecule has 1 atom stereocenters. The fourth-order valence-electron chi connectivity index (χ4n) is 2.12. The Morgan fingerprint density at radius 3 is 2.27 bits per heavy atom. The predicted molar refractivity (Wildman–Crippen MR) is 110 cm³/mol. The van der Waals surface area contributed by atoms with Gasteiger partial charge in [-0.05, 0) is 40.2 Å². The molecule has 0 spiro atoms. The van der Waals surface area contributed by atoms with Crippen molar-refractivity contribution in [1.29, 1.82) is 0 Å². The van der Waals surface area contributed by atoms with E-state index in [2.05, 4.69) is 47.7 Å². The van der Waals surface area contributed by atoms with Gasteiger partial charge in [0.2, 0.25) is 5.91 Å². The number of likely N-dealkylation sites (N-methyl/N-ethyl adjacent to an activating group) is 1. The summed E-state index contributed by atoms with van der Waals surface area (Å²) >= 11 is 4.49. The Kier molecular flexibility index (Phi) is 11.9. The van der Waals surface area contributed by atoms with Gasteiger partial charge in [0.25, 0.3) is 0 Å². The zero-order valence-corrected chi connectivity index (χ0v) is 18.1. The molecule has 154 valence electrons. The monoisotopic (exact) mass is 390 g/mol.